The minimum atomic E-state index is -0.460. The molecule has 0 aliphatic heterocycles. The predicted octanol–water partition coefficient (Wildman–Crippen LogP) is 4.91. The van der Waals surface area contributed by atoms with Gasteiger partial charge in [-0.15, -0.1) is 0 Å². The average Bonchev–Trinajstić information content (AvgIpc) is 2.99. The number of H-pyrrole nitrogens is 1. The number of benzene rings is 2. The number of hydrogen-bond acceptors (Lipinski definition) is 2. The Morgan fingerprint density at radius 2 is 1.96 bits per heavy atom. The van der Waals surface area contributed by atoms with Crippen LogP contribution < -0.4 is 5.32 Å². The highest BCUT2D eigenvalue weighted by Crippen LogP contribution is 2.22. The molecule has 1 amide bonds. The Hall–Kier alpha value is -2.30. The summed E-state index contributed by atoms with van der Waals surface area (Å²) in [4.78, 5) is 15.4. The van der Waals surface area contributed by atoms with Crippen LogP contribution in [0.4, 0.5) is 5.69 Å². The van der Waals surface area contributed by atoms with Gasteiger partial charge in [0, 0.05) is 21.6 Å². The number of amides is 1. The van der Waals surface area contributed by atoms with Gasteiger partial charge in [-0.3, -0.25) is 4.79 Å². The van der Waals surface area contributed by atoms with Crippen LogP contribution in [0.15, 0.2) is 48.5 Å². The normalized spacial score (nSPS) is 12.3. The highest BCUT2D eigenvalue weighted by molar-refractivity contribution is 6.31. The number of carbonyl (C=O) groups is 1. The Bertz CT molecular complexity index is 855. The second kappa shape index (κ2) is 7.07. The zero-order valence-corrected chi connectivity index (χ0v) is 14.1. The molecule has 0 radical (unpaired) electrons. The Kier molecular flexibility index (Phi) is 4.88. The van der Waals surface area contributed by atoms with Crippen LogP contribution in [0.5, 0.6) is 0 Å². The van der Waals surface area contributed by atoms with E-state index in [1.54, 1.807) is 24.3 Å². The molecule has 0 saturated heterocycles. The molecule has 124 valence electrons. The fourth-order valence-electron chi connectivity index (χ4n) is 2.65. The molecule has 3 rings (SSSR count). The minimum Gasteiger partial charge on any atom is -0.388 e. The summed E-state index contributed by atoms with van der Waals surface area (Å²) in [5.74, 6) is -0.218. The van der Waals surface area contributed by atoms with Gasteiger partial charge in [0.25, 0.3) is 5.91 Å². The topological polar surface area (TPSA) is 65.1 Å². The molecule has 0 saturated carbocycles. The monoisotopic (exact) mass is 342 g/mol. The van der Waals surface area contributed by atoms with Crippen molar-refractivity contribution < 1.29 is 9.90 Å². The van der Waals surface area contributed by atoms with Gasteiger partial charge in [0.2, 0.25) is 0 Å². The number of aromatic amines is 1. The van der Waals surface area contributed by atoms with E-state index in [1.165, 1.54) is 0 Å². The first-order valence-corrected chi connectivity index (χ1v) is 8.32. The van der Waals surface area contributed by atoms with E-state index in [-0.39, 0.29) is 5.91 Å². The Labute approximate surface area is 145 Å². The molecule has 5 heteroatoms. The molecule has 0 spiro atoms. The molecule has 1 heterocycles. The van der Waals surface area contributed by atoms with Gasteiger partial charge in [0.05, 0.1) is 6.10 Å². The maximum Gasteiger partial charge on any atom is 0.272 e. The smallest absolute Gasteiger partial charge is 0.272 e. The quantitative estimate of drug-likeness (QED) is 0.617. The van der Waals surface area contributed by atoms with E-state index in [2.05, 4.69) is 10.3 Å². The van der Waals surface area contributed by atoms with Crippen LogP contribution in [0, 0.1) is 0 Å². The van der Waals surface area contributed by atoms with E-state index in [0.29, 0.717) is 16.4 Å². The zero-order valence-electron chi connectivity index (χ0n) is 13.3. The number of halogens is 1. The number of aromatic nitrogens is 1. The highest BCUT2D eigenvalue weighted by Gasteiger charge is 2.11. The number of hydrogen-bond donors (Lipinski definition) is 3. The van der Waals surface area contributed by atoms with Crippen molar-refractivity contribution in [1.29, 1.82) is 0 Å². The number of anilines is 1. The molecule has 24 heavy (non-hydrogen) atoms. The molecule has 1 atom stereocenters. The predicted molar refractivity (Wildman–Crippen MR) is 97.6 cm³/mol. The first-order chi connectivity index (χ1) is 11.6. The van der Waals surface area contributed by atoms with Crippen molar-refractivity contribution in [1.82, 2.24) is 4.98 Å². The standard InChI is InChI=1S/C19H19ClN2O2/c1-2-3-18(23)12-4-7-15(8-5-12)21-19(24)17-11-13-10-14(20)6-9-16(13)22-17/h4-11,18,22-23H,2-3H2,1H3,(H,21,24). The lowest BCUT2D eigenvalue weighted by atomic mass is 10.1. The number of fused-ring (bicyclic) bond motifs is 1. The number of aliphatic hydroxyl groups excluding tert-OH is 1. The van der Waals surface area contributed by atoms with E-state index in [9.17, 15) is 9.90 Å². The molecule has 4 nitrogen and oxygen atoms in total. The van der Waals surface area contributed by atoms with Crippen LogP contribution in [0.3, 0.4) is 0 Å². The third-order valence-electron chi connectivity index (χ3n) is 3.94. The Balaban J connectivity index is 1.73. The van der Waals surface area contributed by atoms with Gasteiger partial charge >= 0.3 is 0 Å². The summed E-state index contributed by atoms with van der Waals surface area (Å²) in [5.41, 5.74) is 2.88. The van der Waals surface area contributed by atoms with Gasteiger partial charge in [0.15, 0.2) is 0 Å². The van der Waals surface area contributed by atoms with Gasteiger partial charge in [-0.05, 0) is 48.4 Å². The van der Waals surface area contributed by atoms with Crippen molar-refractivity contribution in [3.05, 3.63) is 64.8 Å². The fourth-order valence-corrected chi connectivity index (χ4v) is 2.83. The molecule has 0 fully saturated rings. The molecule has 1 unspecified atom stereocenters. The summed E-state index contributed by atoms with van der Waals surface area (Å²) in [6.07, 6.45) is 1.19. The zero-order chi connectivity index (χ0) is 17.1. The van der Waals surface area contributed by atoms with Crippen LogP contribution >= 0.6 is 11.6 Å². The van der Waals surface area contributed by atoms with E-state index in [0.717, 1.165) is 29.3 Å². The SMILES string of the molecule is CCCC(O)c1ccc(NC(=O)c2cc3cc(Cl)ccc3[nH]2)cc1. The van der Waals surface area contributed by atoms with Gasteiger partial charge in [-0.1, -0.05) is 37.1 Å². The summed E-state index contributed by atoms with van der Waals surface area (Å²) in [7, 11) is 0. The van der Waals surface area contributed by atoms with Crippen molar-refractivity contribution in [2.45, 2.75) is 25.9 Å². The maximum atomic E-state index is 12.4. The van der Waals surface area contributed by atoms with Crippen molar-refractivity contribution in [2.24, 2.45) is 0 Å². The van der Waals surface area contributed by atoms with E-state index >= 15 is 0 Å². The molecule has 3 aromatic rings. The van der Waals surface area contributed by atoms with Gasteiger partial charge in [-0.2, -0.15) is 0 Å². The van der Waals surface area contributed by atoms with Crippen LogP contribution in [-0.2, 0) is 0 Å². The second-order valence-corrected chi connectivity index (χ2v) is 6.23. The second-order valence-electron chi connectivity index (χ2n) is 5.80. The van der Waals surface area contributed by atoms with E-state index in [4.69, 9.17) is 11.6 Å². The molecular weight excluding hydrogens is 324 g/mol. The summed E-state index contributed by atoms with van der Waals surface area (Å²) in [6.45, 7) is 2.03. The lowest BCUT2D eigenvalue weighted by Gasteiger charge is -2.10. The summed E-state index contributed by atoms with van der Waals surface area (Å²) >= 11 is 5.97. The Morgan fingerprint density at radius 1 is 1.21 bits per heavy atom. The average molecular weight is 343 g/mol. The number of aliphatic hydroxyl groups is 1. The highest BCUT2D eigenvalue weighted by atomic mass is 35.5. The molecule has 3 N–H and O–H groups in total. The molecule has 2 aromatic carbocycles. The van der Waals surface area contributed by atoms with Crippen molar-refractivity contribution >= 4 is 34.1 Å². The maximum absolute atomic E-state index is 12.4. The largest absolute Gasteiger partial charge is 0.388 e. The van der Waals surface area contributed by atoms with Crippen LogP contribution in [0.1, 0.15) is 41.9 Å². The lowest BCUT2D eigenvalue weighted by molar-refractivity contribution is 0.102. The summed E-state index contributed by atoms with van der Waals surface area (Å²) in [5, 5.41) is 14.3. The van der Waals surface area contributed by atoms with E-state index in [1.807, 2.05) is 31.2 Å². The summed E-state index contributed by atoms with van der Waals surface area (Å²) < 4.78 is 0. The van der Waals surface area contributed by atoms with Crippen LogP contribution in [0.25, 0.3) is 10.9 Å². The minimum absolute atomic E-state index is 0.218. The third kappa shape index (κ3) is 3.61. The third-order valence-corrected chi connectivity index (χ3v) is 4.18. The number of rotatable bonds is 5. The fraction of sp³-hybridized carbons (Fsp3) is 0.211. The van der Waals surface area contributed by atoms with Gasteiger partial charge in [0.1, 0.15) is 5.69 Å². The van der Waals surface area contributed by atoms with E-state index < -0.39 is 6.10 Å². The molecule has 0 aliphatic rings. The van der Waals surface area contributed by atoms with Crippen molar-refractivity contribution in [3.8, 4) is 0 Å². The Morgan fingerprint density at radius 3 is 2.67 bits per heavy atom. The number of carbonyl (C=O) groups excluding carboxylic acids is 1. The molecule has 0 bridgehead atoms. The van der Waals surface area contributed by atoms with Gasteiger partial charge < -0.3 is 15.4 Å². The van der Waals surface area contributed by atoms with Crippen molar-refractivity contribution in [2.75, 3.05) is 5.32 Å². The molecular formula is C19H19ClN2O2. The van der Waals surface area contributed by atoms with Crippen LogP contribution in [-0.4, -0.2) is 16.0 Å². The number of nitrogens with one attached hydrogen (secondary N) is 2. The first-order valence-electron chi connectivity index (χ1n) is 7.94. The molecule has 1 aromatic heterocycles. The summed E-state index contributed by atoms with van der Waals surface area (Å²) in [6, 6.07) is 14.5. The molecule has 0 aliphatic carbocycles. The first kappa shape index (κ1) is 16.6. The van der Waals surface area contributed by atoms with Crippen LogP contribution in [0.2, 0.25) is 5.02 Å². The lowest BCUT2D eigenvalue weighted by Crippen LogP contribution is -2.12. The van der Waals surface area contributed by atoms with Gasteiger partial charge in [-0.25, -0.2) is 0 Å². The van der Waals surface area contributed by atoms with Crippen molar-refractivity contribution in [3.63, 3.8) is 0 Å².